The maximum absolute atomic E-state index is 12.3. The first-order chi connectivity index (χ1) is 9.60. The molecule has 0 spiro atoms. The fourth-order valence-electron chi connectivity index (χ4n) is 2.79. The van der Waals surface area contributed by atoms with E-state index in [1.165, 1.54) is 11.3 Å². The lowest BCUT2D eigenvalue weighted by atomic mass is 9.95. The van der Waals surface area contributed by atoms with Crippen LogP contribution < -0.4 is 5.32 Å². The van der Waals surface area contributed by atoms with Crippen LogP contribution in [0.25, 0.3) is 0 Å². The van der Waals surface area contributed by atoms with Gasteiger partial charge in [0, 0.05) is 17.8 Å². The molecule has 2 amide bonds. The molecule has 114 valence electrons. The van der Waals surface area contributed by atoms with Gasteiger partial charge in [-0.15, -0.1) is 0 Å². The van der Waals surface area contributed by atoms with Crippen LogP contribution in [-0.2, 0) is 4.79 Å². The molecule has 0 saturated heterocycles. The Morgan fingerprint density at radius 3 is 2.55 bits per heavy atom. The molecule has 0 aromatic heterocycles. The molecule has 6 heteroatoms. The molecule has 2 fully saturated rings. The standard InChI is InChI=1S/C14H24N2O3S/c1-20-12-5-3-2-4-11(12)15-14(19)16(9-13(17)18)8-10-6-7-10/h10-12H,2-9H2,1H3,(H,15,19)(H,17,18). The van der Waals surface area contributed by atoms with E-state index in [4.69, 9.17) is 5.11 Å². The minimum absolute atomic E-state index is 0.182. The summed E-state index contributed by atoms with van der Waals surface area (Å²) in [5.74, 6) is -0.436. The summed E-state index contributed by atoms with van der Waals surface area (Å²) in [6, 6.07) is -0.0213. The third-order valence-corrected chi connectivity index (χ3v) is 5.27. The summed E-state index contributed by atoms with van der Waals surface area (Å²) in [5, 5.41) is 12.5. The summed E-state index contributed by atoms with van der Waals surface area (Å²) in [4.78, 5) is 24.7. The molecule has 5 nitrogen and oxygen atoms in total. The largest absolute Gasteiger partial charge is 0.480 e. The molecule has 2 saturated carbocycles. The fraction of sp³-hybridized carbons (Fsp3) is 0.857. The van der Waals surface area contributed by atoms with Crippen molar-refractivity contribution in [1.82, 2.24) is 10.2 Å². The molecule has 2 N–H and O–H groups in total. The number of urea groups is 1. The Balaban J connectivity index is 1.89. The molecule has 0 bridgehead atoms. The van der Waals surface area contributed by atoms with Gasteiger partial charge in [0.15, 0.2) is 0 Å². The Hall–Kier alpha value is -0.910. The monoisotopic (exact) mass is 300 g/mol. The van der Waals surface area contributed by atoms with E-state index in [0.717, 1.165) is 32.1 Å². The van der Waals surface area contributed by atoms with Crippen LogP contribution in [0.1, 0.15) is 38.5 Å². The average molecular weight is 300 g/mol. The zero-order valence-corrected chi connectivity index (χ0v) is 12.8. The number of amides is 2. The Morgan fingerprint density at radius 2 is 1.95 bits per heavy atom. The van der Waals surface area contributed by atoms with Crippen molar-refractivity contribution in [3.63, 3.8) is 0 Å². The van der Waals surface area contributed by atoms with Gasteiger partial charge in [0.05, 0.1) is 0 Å². The minimum Gasteiger partial charge on any atom is -0.480 e. The molecule has 0 heterocycles. The van der Waals surface area contributed by atoms with Crippen LogP contribution in [-0.4, -0.2) is 52.6 Å². The number of carbonyl (C=O) groups excluding carboxylic acids is 1. The first-order valence-electron chi connectivity index (χ1n) is 7.40. The summed E-state index contributed by atoms with van der Waals surface area (Å²) >= 11 is 1.80. The van der Waals surface area contributed by atoms with Crippen LogP contribution >= 0.6 is 11.8 Å². The molecule has 0 radical (unpaired) electrons. The second-order valence-electron chi connectivity index (χ2n) is 5.83. The highest BCUT2D eigenvalue weighted by atomic mass is 32.2. The van der Waals surface area contributed by atoms with Crippen LogP contribution in [0, 0.1) is 5.92 Å². The summed E-state index contributed by atoms with van der Waals surface area (Å²) in [6.07, 6.45) is 8.80. The van der Waals surface area contributed by atoms with Gasteiger partial charge in [0.1, 0.15) is 6.54 Å². The van der Waals surface area contributed by atoms with Gasteiger partial charge in [0.2, 0.25) is 0 Å². The Labute approximate surface area is 124 Å². The number of hydrogen-bond donors (Lipinski definition) is 2. The van der Waals surface area contributed by atoms with E-state index in [1.807, 2.05) is 0 Å². The summed E-state index contributed by atoms with van der Waals surface area (Å²) < 4.78 is 0. The van der Waals surface area contributed by atoms with E-state index < -0.39 is 5.97 Å². The Bertz CT molecular complexity index is 360. The maximum atomic E-state index is 12.3. The zero-order chi connectivity index (χ0) is 14.5. The predicted octanol–water partition coefficient (Wildman–Crippen LogP) is 2.17. The highest BCUT2D eigenvalue weighted by Gasteiger charge is 2.31. The normalized spacial score (nSPS) is 26.1. The third kappa shape index (κ3) is 4.58. The lowest BCUT2D eigenvalue weighted by Gasteiger charge is -2.33. The second-order valence-corrected chi connectivity index (χ2v) is 6.91. The highest BCUT2D eigenvalue weighted by molar-refractivity contribution is 7.99. The number of nitrogens with zero attached hydrogens (tertiary/aromatic N) is 1. The highest BCUT2D eigenvalue weighted by Crippen LogP contribution is 2.30. The summed E-state index contributed by atoms with van der Waals surface area (Å²) in [7, 11) is 0. The smallest absolute Gasteiger partial charge is 0.323 e. The molecule has 0 aromatic carbocycles. The van der Waals surface area contributed by atoms with Gasteiger partial charge in [-0.05, 0) is 37.9 Å². The van der Waals surface area contributed by atoms with Gasteiger partial charge in [0.25, 0.3) is 0 Å². The number of aliphatic carboxylic acids is 1. The van der Waals surface area contributed by atoms with Gasteiger partial charge in [-0.1, -0.05) is 12.8 Å². The number of carboxylic acid groups (broad SMARTS) is 1. The lowest BCUT2D eigenvalue weighted by Crippen LogP contribution is -2.51. The van der Waals surface area contributed by atoms with Crippen molar-refractivity contribution in [2.45, 2.75) is 49.8 Å². The number of thioether (sulfide) groups is 1. The Morgan fingerprint density at radius 1 is 1.25 bits per heavy atom. The zero-order valence-electron chi connectivity index (χ0n) is 12.0. The van der Waals surface area contributed by atoms with Crippen LogP contribution in [0.3, 0.4) is 0 Å². The average Bonchev–Trinajstić information content (AvgIpc) is 3.22. The quantitative estimate of drug-likeness (QED) is 0.789. The molecule has 2 aliphatic rings. The molecule has 0 aliphatic heterocycles. The number of rotatable bonds is 6. The number of carboxylic acids is 1. The third-order valence-electron chi connectivity index (χ3n) is 4.10. The van der Waals surface area contributed by atoms with Gasteiger partial charge >= 0.3 is 12.0 Å². The van der Waals surface area contributed by atoms with Crippen LogP contribution in [0.15, 0.2) is 0 Å². The molecule has 2 atom stereocenters. The lowest BCUT2D eigenvalue weighted by molar-refractivity contribution is -0.137. The SMILES string of the molecule is CSC1CCCCC1NC(=O)N(CC(=O)O)CC1CC1. The van der Waals surface area contributed by atoms with Crippen molar-refractivity contribution in [2.75, 3.05) is 19.3 Å². The van der Waals surface area contributed by atoms with E-state index in [9.17, 15) is 9.59 Å². The molecule has 0 aromatic rings. The van der Waals surface area contributed by atoms with E-state index in [0.29, 0.717) is 17.7 Å². The molecule has 2 rings (SSSR count). The van der Waals surface area contributed by atoms with Crippen molar-refractivity contribution in [2.24, 2.45) is 5.92 Å². The van der Waals surface area contributed by atoms with Crippen molar-refractivity contribution < 1.29 is 14.7 Å². The van der Waals surface area contributed by atoms with Crippen LogP contribution in [0.2, 0.25) is 0 Å². The molecular formula is C14H24N2O3S. The minimum atomic E-state index is -0.939. The summed E-state index contributed by atoms with van der Waals surface area (Å²) in [6.45, 7) is 0.383. The van der Waals surface area contributed by atoms with E-state index in [1.54, 1.807) is 11.8 Å². The van der Waals surface area contributed by atoms with E-state index in [2.05, 4.69) is 11.6 Å². The molecule has 2 aliphatic carbocycles. The van der Waals surface area contributed by atoms with Crippen LogP contribution in [0.5, 0.6) is 0 Å². The number of hydrogen-bond acceptors (Lipinski definition) is 3. The Kier molecular flexibility index (Phi) is 5.57. The first kappa shape index (κ1) is 15.5. The molecular weight excluding hydrogens is 276 g/mol. The summed E-state index contributed by atoms with van der Waals surface area (Å²) in [5.41, 5.74) is 0. The van der Waals surface area contributed by atoms with Crippen molar-refractivity contribution in [3.05, 3.63) is 0 Å². The number of carbonyl (C=O) groups is 2. The molecule has 2 unspecified atom stereocenters. The van der Waals surface area contributed by atoms with Gasteiger partial charge in [-0.2, -0.15) is 11.8 Å². The van der Waals surface area contributed by atoms with E-state index >= 15 is 0 Å². The van der Waals surface area contributed by atoms with Gasteiger partial charge in [-0.25, -0.2) is 4.79 Å². The van der Waals surface area contributed by atoms with Crippen molar-refractivity contribution in [1.29, 1.82) is 0 Å². The second kappa shape index (κ2) is 7.20. The van der Waals surface area contributed by atoms with Crippen LogP contribution in [0.4, 0.5) is 4.79 Å². The predicted molar refractivity (Wildman–Crippen MR) is 80.0 cm³/mol. The fourth-order valence-corrected chi connectivity index (χ4v) is 3.72. The van der Waals surface area contributed by atoms with Crippen molar-refractivity contribution >= 4 is 23.8 Å². The maximum Gasteiger partial charge on any atom is 0.323 e. The first-order valence-corrected chi connectivity index (χ1v) is 8.69. The van der Waals surface area contributed by atoms with Gasteiger partial charge < -0.3 is 15.3 Å². The van der Waals surface area contributed by atoms with Gasteiger partial charge in [-0.3, -0.25) is 4.79 Å². The van der Waals surface area contributed by atoms with E-state index in [-0.39, 0.29) is 18.6 Å². The topological polar surface area (TPSA) is 69.6 Å². The number of nitrogens with one attached hydrogen (secondary N) is 1. The van der Waals surface area contributed by atoms with Crippen molar-refractivity contribution in [3.8, 4) is 0 Å². The molecule has 20 heavy (non-hydrogen) atoms.